The molecule has 3 aromatic heterocycles. The van der Waals surface area contributed by atoms with Crippen LogP contribution in [0.3, 0.4) is 0 Å². The van der Waals surface area contributed by atoms with Gasteiger partial charge in [-0.15, -0.1) is 5.10 Å². The van der Waals surface area contributed by atoms with E-state index in [1.54, 1.807) is 48.6 Å². The first kappa shape index (κ1) is 23.1. The van der Waals surface area contributed by atoms with Crippen LogP contribution < -0.4 is 14.8 Å². The molecule has 0 spiro atoms. The van der Waals surface area contributed by atoms with E-state index in [1.165, 1.54) is 15.9 Å². The third kappa shape index (κ3) is 5.07. The van der Waals surface area contributed by atoms with Crippen LogP contribution in [0.4, 0.5) is 0 Å². The summed E-state index contributed by atoms with van der Waals surface area (Å²) in [6.07, 6.45) is 6.99. The van der Waals surface area contributed by atoms with Crippen LogP contribution in [0, 0.1) is 0 Å². The summed E-state index contributed by atoms with van der Waals surface area (Å²) in [4.78, 5) is 17.8. The van der Waals surface area contributed by atoms with Crippen LogP contribution in [0.1, 0.15) is 17.1 Å². The van der Waals surface area contributed by atoms with Gasteiger partial charge in [-0.1, -0.05) is 65.4 Å². The molecule has 5 rings (SSSR count). The van der Waals surface area contributed by atoms with Crippen LogP contribution in [0.25, 0.3) is 34.5 Å². The maximum atomic E-state index is 12.8. The normalized spacial score (nSPS) is 12.1. The second-order valence-electron chi connectivity index (χ2n) is 7.41. The molecule has 0 amide bonds. The summed E-state index contributed by atoms with van der Waals surface area (Å²) in [6.45, 7) is 4.09. The highest BCUT2D eigenvalue weighted by molar-refractivity contribution is 7.15. The van der Waals surface area contributed by atoms with Crippen molar-refractivity contribution >= 4 is 57.7 Å². The Balaban J connectivity index is 1.37. The minimum Gasteiger partial charge on any atom is -0.490 e. The molecule has 0 unspecified atom stereocenters. The first-order valence-corrected chi connectivity index (χ1v) is 12.1. The smallest absolute Gasteiger partial charge is 0.291 e. The number of fused-ring (bicyclic) bond motifs is 1. The Morgan fingerprint density at radius 3 is 2.69 bits per heavy atom. The minimum absolute atomic E-state index is 0.264. The van der Waals surface area contributed by atoms with Crippen molar-refractivity contribution in [1.82, 2.24) is 14.6 Å². The van der Waals surface area contributed by atoms with Gasteiger partial charge in [0.15, 0.2) is 5.82 Å². The first-order valence-electron chi connectivity index (χ1n) is 10.5. The Morgan fingerprint density at radius 2 is 1.91 bits per heavy atom. The van der Waals surface area contributed by atoms with Crippen LogP contribution in [0.2, 0.25) is 10.0 Å². The van der Waals surface area contributed by atoms with Crippen molar-refractivity contribution in [1.29, 1.82) is 0 Å². The van der Waals surface area contributed by atoms with Crippen molar-refractivity contribution in [2.75, 3.05) is 6.61 Å². The molecule has 0 radical (unpaired) electrons. The van der Waals surface area contributed by atoms with Gasteiger partial charge in [0, 0.05) is 16.7 Å². The van der Waals surface area contributed by atoms with Gasteiger partial charge in [0.2, 0.25) is 4.96 Å². The summed E-state index contributed by atoms with van der Waals surface area (Å²) in [5.41, 5.74) is 1.37. The third-order valence-electron chi connectivity index (χ3n) is 4.97. The van der Waals surface area contributed by atoms with Gasteiger partial charge in [-0.2, -0.15) is 9.50 Å². The fourth-order valence-corrected chi connectivity index (χ4v) is 4.59. The van der Waals surface area contributed by atoms with Gasteiger partial charge >= 0.3 is 0 Å². The van der Waals surface area contributed by atoms with E-state index < -0.39 is 0 Å². The highest BCUT2D eigenvalue weighted by Crippen LogP contribution is 2.32. The Hall–Kier alpha value is -3.65. The average Bonchev–Trinajstić information content (AvgIpc) is 3.56. The molecule has 0 bridgehead atoms. The summed E-state index contributed by atoms with van der Waals surface area (Å²) in [5, 5.41) is 5.40. The summed E-state index contributed by atoms with van der Waals surface area (Å²) in [7, 11) is 0. The molecule has 35 heavy (non-hydrogen) atoms. The minimum atomic E-state index is -0.264. The number of nitrogens with zero attached hydrogens (tertiary/aromatic N) is 3. The molecule has 0 atom stereocenters. The number of halogens is 2. The van der Waals surface area contributed by atoms with Gasteiger partial charge in [-0.25, -0.2) is 0 Å². The standard InChI is InChI=1S/C26H17Cl2N3O3S/c1-2-13-33-18-7-3-16(4-8-18)5-12-24-29-26-31(30-24)25(32)23(35-26)15-19-9-11-22(34-19)20-14-17(27)6-10-21(20)28/h2-12,14-15H,1,13H2/b12-5+,23-15-. The molecular weight excluding hydrogens is 505 g/mol. The number of hydrogen-bond acceptors (Lipinski definition) is 6. The lowest BCUT2D eigenvalue weighted by Crippen LogP contribution is -2.23. The van der Waals surface area contributed by atoms with Gasteiger partial charge in [0.1, 0.15) is 28.4 Å². The number of aromatic nitrogens is 3. The van der Waals surface area contributed by atoms with E-state index in [9.17, 15) is 4.79 Å². The Labute approximate surface area is 214 Å². The molecule has 0 aliphatic rings. The zero-order valence-corrected chi connectivity index (χ0v) is 20.5. The van der Waals surface area contributed by atoms with E-state index in [0.717, 1.165) is 11.3 Å². The van der Waals surface area contributed by atoms with E-state index in [1.807, 2.05) is 30.3 Å². The molecule has 3 heterocycles. The van der Waals surface area contributed by atoms with Gasteiger partial charge in [-0.05, 0) is 54.1 Å². The zero-order valence-electron chi connectivity index (χ0n) is 18.2. The molecule has 6 nitrogen and oxygen atoms in total. The maximum Gasteiger partial charge on any atom is 0.291 e. The molecule has 5 aromatic rings. The number of benzene rings is 2. The van der Waals surface area contributed by atoms with Crippen molar-refractivity contribution < 1.29 is 9.15 Å². The number of hydrogen-bond donors (Lipinski definition) is 0. The second kappa shape index (κ2) is 9.92. The SMILES string of the molecule is C=CCOc1ccc(/C=C/c2nc3s/c(=C\c4ccc(-c5cc(Cl)ccc5Cl)o4)c(=O)n3n2)cc1. The molecule has 2 aromatic carbocycles. The van der Waals surface area contributed by atoms with Crippen LogP contribution >= 0.6 is 34.5 Å². The maximum absolute atomic E-state index is 12.8. The molecule has 174 valence electrons. The Morgan fingerprint density at radius 1 is 1.09 bits per heavy atom. The zero-order chi connectivity index (χ0) is 24.4. The van der Waals surface area contributed by atoms with Crippen LogP contribution in [0.5, 0.6) is 5.75 Å². The monoisotopic (exact) mass is 521 g/mol. The molecule has 0 saturated heterocycles. The lowest BCUT2D eigenvalue weighted by atomic mass is 10.2. The van der Waals surface area contributed by atoms with E-state index in [4.69, 9.17) is 32.4 Å². The van der Waals surface area contributed by atoms with Crippen LogP contribution in [-0.2, 0) is 0 Å². The van der Waals surface area contributed by atoms with Crippen molar-refractivity contribution in [3.05, 3.63) is 109 Å². The number of ether oxygens (including phenoxy) is 1. The highest BCUT2D eigenvalue weighted by Gasteiger charge is 2.12. The summed E-state index contributed by atoms with van der Waals surface area (Å²) >= 11 is 13.6. The van der Waals surface area contributed by atoms with E-state index in [-0.39, 0.29) is 5.56 Å². The van der Waals surface area contributed by atoms with Crippen molar-refractivity contribution in [2.24, 2.45) is 0 Å². The molecule has 0 aliphatic heterocycles. The Bertz CT molecular complexity index is 1670. The van der Waals surface area contributed by atoms with Gasteiger partial charge in [-0.3, -0.25) is 4.79 Å². The van der Waals surface area contributed by atoms with Crippen LogP contribution in [0.15, 0.2) is 76.5 Å². The van der Waals surface area contributed by atoms with Gasteiger partial charge in [0.25, 0.3) is 5.56 Å². The summed E-state index contributed by atoms with van der Waals surface area (Å²) < 4.78 is 13.1. The number of rotatable bonds is 7. The predicted octanol–water partition coefficient (Wildman–Crippen LogP) is 6.00. The first-order chi connectivity index (χ1) is 17.0. The Kier molecular flexibility index (Phi) is 6.55. The average molecular weight is 522 g/mol. The van der Waals surface area contributed by atoms with E-state index in [0.29, 0.717) is 49.1 Å². The van der Waals surface area contributed by atoms with Crippen molar-refractivity contribution in [3.8, 4) is 17.1 Å². The van der Waals surface area contributed by atoms with E-state index in [2.05, 4.69) is 16.7 Å². The van der Waals surface area contributed by atoms with E-state index >= 15 is 0 Å². The summed E-state index contributed by atoms with van der Waals surface area (Å²) in [6, 6.07) is 16.3. The predicted molar refractivity (Wildman–Crippen MR) is 141 cm³/mol. The van der Waals surface area contributed by atoms with Gasteiger partial charge < -0.3 is 9.15 Å². The number of thiazole rings is 1. The third-order valence-corrected chi connectivity index (χ3v) is 6.49. The quantitative estimate of drug-likeness (QED) is 0.245. The molecule has 0 fully saturated rings. The van der Waals surface area contributed by atoms with Crippen molar-refractivity contribution in [3.63, 3.8) is 0 Å². The van der Waals surface area contributed by atoms with Gasteiger partial charge in [0.05, 0.1) is 5.02 Å². The molecular formula is C26H17Cl2N3O3S. The summed E-state index contributed by atoms with van der Waals surface area (Å²) in [5.74, 6) is 2.28. The lowest BCUT2D eigenvalue weighted by Gasteiger charge is -2.02. The lowest BCUT2D eigenvalue weighted by molar-refractivity contribution is 0.363. The number of furan rings is 1. The van der Waals surface area contributed by atoms with Crippen LogP contribution in [-0.4, -0.2) is 21.2 Å². The molecule has 0 aliphatic carbocycles. The molecule has 9 heteroatoms. The fraction of sp³-hybridized carbons (Fsp3) is 0.0385. The second-order valence-corrected chi connectivity index (χ2v) is 9.26. The highest BCUT2D eigenvalue weighted by atomic mass is 35.5. The topological polar surface area (TPSA) is 69.6 Å². The fourth-order valence-electron chi connectivity index (χ4n) is 3.31. The molecule has 0 saturated carbocycles. The largest absolute Gasteiger partial charge is 0.490 e. The van der Waals surface area contributed by atoms with Crippen molar-refractivity contribution in [2.45, 2.75) is 0 Å². The molecule has 0 N–H and O–H groups in total.